The second-order valence-corrected chi connectivity index (χ2v) is 5.40. The standard InChI is InChI=1S/C20H23NO2/c1-4-21(5-2)18-12-11-17(20(23)14-18)13-19(15(3)22)16-9-7-6-8-10-16/h6-14,23H,4-5H2,1-3H3. The van der Waals surface area contributed by atoms with E-state index in [4.69, 9.17) is 0 Å². The summed E-state index contributed by atoms with van der Waals surface area (Å²) in [5.41, 5.74) is 3.08. The molecule has 0 atom stereocenters. The molecule has 0 heterocycles. The summed E-state index contributed by atoms with van der Waals surface area (Å²) < 4.78 is 0. The zero-order chi connectivity index (χ0) is 16.8. The molecule has 0 aliphatic heterocycles. The maximum absolute atomic E-state index is 12.0. The number of rotatable bonds is 6. The van der Waals surface area contributed by atoms with Crippen LogP contribution in [0.1, 0.15) is 31.9 Å². The van der Waals surface area contributed by atoms with Gasteiger partial charge >= 0.3 is 0 Å². The van der Waals surface area contributed by atoms with Gasteiger partial charge in [0.2, 0.25) is 0 Å². The predicted octanol–water partition coefficient (Wildman–Crippen LogP) is 4.37. The fourth-order valence-corrected chi connectivity index (χ4v) is 2.60. The van der Waals surface area contributed by atoms with Gasteiger partial charge in [0.25, 0.3) is 0 Å². The van der Waals surface area contributed by atoms with E-state index < -0.39 is 0 Å². The molecule has 0 bridgehead atoms. The number of benzene rings is 2. The van der Waals surface area contributed by atoms with Crippen LogP contribution >= 0.6 is 0 Å². The number of phenolic OH excluding ortho intramolecular Hbond substituents is 1. The van der Waals surface area contributed by atoms with Crippen molar-refractivity contribution in [3.8, 4) is 5.75 Å². The van der Waals surface area contributed by atoms with E-state index in [2.05, 4.69) is 18.7 Å². The second-order valence-electron chi connectivity index (χ2n) is 5.40. The highest BCUT2D eigenvalue weighted by molar-refractivity contribution is 6.24. The highest BCUT2D eigenvalue weighted by atomic mass is 16.3. The van der Waals surface area contributed by atoms with Crippen LogP contribution in [0.5, 0.6) is 5.75 Å². The lowest BCUT2D eigenvalue weighted by Crippen LogP contribution is -2.21. The Morgan fingerprint density at radius 2 is 1.74 bits per heavy atom. The number of allylic oxidation sites excluding steroid dienone is 1. The zero-order valence-corrected chi connectivity index (χ0v) is 13.9. The average Bonchev–Trinajstić information content (AvgIpc) is 2.55. The van der Waals surface area contributed by atoms with Crippen molar-refractivity contribution >= 4 is 23.1 Å². The minimum Gasteiger partial charge on any atom is -0.507 e. The fraction of sp³-hybridized carbons (Fsp3) is 0.250. The number of ketones is 1. The Balaban J connectivity index is 2.42. The first kappa shape index (κ1) is 16.8. The van der Waals surface area contributed by atoms with E-state index in [1.54, 1.807) is 19.1 Å². The minimum absolute atomic E-state index is 0.0246. The number of aromatic hydroxyl groups is 1. The van der Waals surface area contributed by atoms with Crippen LogP contribution in [-0.2, 0) is 4.79 Å². The molecule has 23 heavy (non-hydrogen) atoms. The van der Waals surface area contributed by atoms with Crippen molar-refractivity contribution in [3.63, 3.8) is 0 Å². The van der Waals surface area contributed by atoms with Crippen LogP contribution in [0, 0.1) is 0 Å². The smallest absolute Gasteiger partial charge is 0.160 e. The van der Waals surface area contributed by atoms with Crippen molar-refractivity contribution in [2.75, 3.05) is 18.0 Å². The second kappa shape index (κ2) is 7.63. The summed E-state index contributed by atoms with van der Waals surface area (Å²) in [6.45, 7) is 7.47. The Morgan fingerprint density at radius 3 is 2.26 bits per heavy atom. The quantitative estimate of drug-likeness (QED) is 0.636. The molecule has 120 valence electrons. The average molecular weight is 309 g/mol. The van der Waals surface area contributed by atoms with Crippen molar-refractivity contribution in [3.05, 3.63) is 59.7 Å². The molecule has 3 nitrogen and oxygen atoms in total. The first-order valence-corrected chi connectivity index (χ1v) is 7.92. The van der Waals surface area contributed by atoms with Crippen LogP contribution in [0.4, 0.5) is 5.69 Å². The molecular formula is C20H23NO2. The van der Waals surface area contributed by atoms with Gasteiger partial charge in [0.05, 0.1) is 0 Å². The lowest BCUT2D eigenvalue weighted by molar-refractivity contribution is -0.111. The van der Waals surface area contributed by atoms with Crippen molar-refractivity contribution in [1.29, 1.82) is 0 Å². The molecule has 0 saturated carbocycles. The van der Waals surface area contributed by atoms with E-state index >= 15 is 0 Å². The lowest BCUT2D eigenvalue weighted by atomic mass is 9.99. The van der Waals surface area contributed by atoms with E-state index in [9.17, 15) is 9.90 Å². The molecule has 0 saturated heterocycles. The first-order chi connectivity index (χ1) is 11.1. The van der Waals surface area contributed by atoms with E-state index in [-0.39, 0.29) is 11.5 Å². The first-order valence-electron chi connectivity index (χ1n) is 7.92. The third kappa shape index (κ3) is 4.01. The van der Waals surface area contributed by atoms with Gasteiger partial charge in [-0.05, 0) is 44.5 Å². The third-order valence-electron chi connectivity index (χ3n) is 3.91. The summed E-state index contributed by atoms with van der Waals surface area (Å²) in [5.74, 6) is 0.160. The molecule has 2 aromatic carbocycles. The van der Waals surface area contributed by atoms with E-state index in [1.165, 1.54) is 0 Å². The predicted molar refractivity (Wildman–Crippen MR) is 96.7 cm³/mol. The molecule has 0 amide bonds. The monoisotopic (exact) mass is 309 g/mol. The zero-order valence-electron chi connectivity index (χ0n) is 13.9. The molecule has 0 fully saturated rings. The van der Waals surface area contributed by atoms with Crippen LogP contribution < -0.4 is 4.90 Å². The minimum atomic E-state index is -0.0246. The van der Waals surface area contributed by atoms with Crippen molar-refractivity contribution < 1.29 is 9.90 Å². The molecule has 0 aliphatic carbocycles. The highest BCUT2D eigenvalue weighted by Gasteiger charge is 2.10. The number of phenols is 1. The van der Waals surface area contributed by atoms with Crippen molar-refractivity contribution in [2.24, 2.45) is 0 Å². The van der Waals surface area contributed by atoms with Crippen LogP contribution in [0.3, 0.4) is 0 Å². The molecule has 0 radical (unpaired) electrons. The number of hydrogen-bond acceptors (Lipinski definition) is 3. The van der Waals surface area contributed by atoms with Gasteiger partial charge in [-0.1, -0.05) is 30.3 Å². The largest absolute Gasteiger partial charge is 0.507 e. The number of anilines is 1. The fourth-order valence-electron chi connectivity index (χ4n) is 2.60. The summed E-state index contributed by atoms with van der Waals surface area (Å²) in [6.07, 6.45) is 1.75. The summed E-state index contributed by atoms with van der Waals surface area (Å²) in [4.78, 5) is 14.1. The molecule has 0 unspecified atom stereocenters. The summed E-state index contributed by atoms with van der Waals surface area (Å²) in [7, 11) is 0. The van der Waals surface area contributed by atoms with Gasteiger partial charge < -0.3 is 10.0 Å². The normalized spacial score (nSPS) is 11.3. The van der Waals surface area contributed by atoms with Crippen LogP contribution in [0.25, 0.3) is 11.6 Å². The van der Waals surface area contributed by atoms with E-state index in [1.807, 2.05) is 42.5 Å². The van der Waals surface area contributed by atoms with Gasteiger partial charge in [0, 0.05) is 36.0 Å². The number of nitrogens with zero attached hydrogens (tertiary/aromatic N) is 1. The summed E-state index contributed by atoms with van der Waals surface area (Å²) >= 11 is 0. The maximum Gasteiger partial charge on any atom is 0.160 e. The van der Waals surface area contributed by atoms with Gasteiger partial charge in [-0.15, -0.1) is 0 Å². The molecule has 3 heteroatoms. The summed E-state index contributed by atoms with van der Waals surface area (Å²) in [6, 6.07) is 15.1. The Morgan fingerprint density at radius 1 is 1.09 bits per heavy atom. The van der Waals surface area contributed by atoms with Crippen molar-refractivity contribution in [1.82, 2.24) is 0 Å². The van der Waals surface area contributed by atoms with Crippen LogP contribution in [0.15, 0.2) is 48.5 Å². The summed E-state index contributed by atoms with van der Waals surface area (Å²) in [5, 5.41) is 10.3. The van der Waals surface area contributed by atoms with Gasteiger partial charge in [-0.2, -0.15) is 0 Å². The van der Waals surface area contributed by atoms with Gasteiger partial charge in [-0.3, -0.25) is 4.79 Å². The Bertz CT molecular complexity index is 701. The maximum atomic E-state index is 12.0. The van der Waals surface area contributed by atoms with Crippen molar-refractivity contribution in [2.45, 2.75) is 20.8 Å². The molecule has 2 aromatic rings. The number of carbonyl (C=O) groups is 1. The van der Waals surface area contributed by atoms with Crippen LogP contribution in [-0.4, -0.2) is 24.0 Å². The molecule has 0 aliphatic rings. The molecule has 0 aromatic heterocycles. The van der Waals surface area contributed by atoms with Gasteiger partial charge in [-0.25, -0.2) is 0 Å². The Labute approximate surface area is 137 Å². The molecule has 0 spiro atoms. The number of hydrogen-bond donors (Lipinski definition) is 1. The highest BCUT2D eigenvalue weighted by Crippen LogP contribution is 2.28. The Hall–Kier alpha value is -2.55. The lowest BCUT2D eigenvalue weighted by Gasteiger charge is -2.21. The Kier molecular flexibility index (Phi) is 5.58. The number of carbonyl (C=O) groups excluding carboxylic acids is 1. The third-order valence-corrected chi connectivity index (χ3v) is 3.91. The number of Topliss-reactive ketones (excluding diaryl/α,β-unsaturated/α-hetero) is 1. The molecular weight excluding hydrogens is 286 g/mol. The molecule has 2 rings (SSSR count). The molecule has 1 N–H and O–H groups in total. The van der Waals surface area contributed by atoms with E-state index in [0.29, 0.717) is 11.1 Å². The van der Waals surface area contributed by atoms with Gasteiger partial charge in [0.15, 0.2) is 5.78 Å². The van der Waals surface area contributed by atoms with Gasteiger partial charge in [0.1, 0.15) is 5.75 Å². The van der Waals surface area contributed by atoms with E-state index in [0.717, 1.165) is 24.3 Å². The van der Waals surface area contributed by atoms with Crippen LogP contribution in [0.2, 0.25) is 0 Å². The SMILES string of the molecule is CCN(CC)c1ccc(C=C(C(C)=O)c2ccccc2)c(O)c1. The topological polar surface area (TPSA) is 40.5 Å².